The summed E-state index contributed by atoms with van der Waals surface area (Å²) >= 11 is 2.14. The highest BCUT2D eigenvalue weighted by atomic mass is 127. The van der Waals surface area contributed by atoms with Crippen molar-refractivity contribution in [2.24, 2.45) is 0 Å². The van der Waals surface area contributed by atoms with E-state index in [1.165, 1.54) is 6.33 Å². The Morgan fingerprint density at radius 2 is 1.81 bits per heavy atom. The maximum Gasteiger partial charge on any atom is 0.263 e. The molecule has 0 aliphatic carbocycles. The third kappa shape index (κ3) is 3.27. The molecule has 8 heteroatoms. The number of hydrogen-bond acceptors (Lipinski definition) is 5. The number of aromatic nitrogens is 5. The number of anilines is 1. The molecule has 31 heavy (non-hydrogen) atoms. The smallest absolute Gasteiger partial charge is 0.263 e. The summed E-state index contributed by atoms with van der Waals surface area (Å²) in [5.74, 6) is 0.394. The van der Waals surface area contributed by atoms with Gasteiger partial charge in [-0.2, -0.15) is 5.10 Å². The molecule has 7 nitrogen and oxygen atoms in total. The minimum absolute atomic E-state index is 0.0465. The number of pyridine rings is 1. The van der Waals surface area contributed by atoms with Gasteiger partial charge in [-0.15, -0.1) is 0 Å². The van der Waals surface area contributed by atoms with Gasteiger partial charge < -0.3 is 5.73 Å². The molecule has 0 atom stereocenters. The lowest BCUT2D eigenvalue weighted by Crippen LogP contribution is -2.24. The SMILES string of the molecule is Cc1ccc(-n2c(Cn3nc(I)c4c(N)ncnc43)cc3cccc(C)c3c2=O)cc1. The number of nitrogens with zero attached hydrogens (tertiary/aromatic N) is 5. The molecule has 5 rings (SSSR count). The molecule has 3 heterocycles. The van der Waals surface area contributed by atoms with Crippen molar-refractivity contribution >= 4 is 50.2 Å². The standard InChI is InChI=1S/C23H19IN6O/c1-13-6-8-16(9-7-13)30-17(10-15-5-3-4-14(2)18(15)23(30)31)11-29-22-19(20(24)28-29)21(25)26-12-27-22/h3-10,12H,11H2,1-2H3,(H2,25,26,27). The molecule has 0 bridgehead atoms. The number of rotatable bonds is 3. The van der Waals surface area contributed by atoms with Gasteiger partial charge in [0.25, 0.3) is 5.56 Å². The Labute approximate surface area is 191 Å². The topological polar surface area (TPSA) is 91.6 Å². The first-order valence-corrected chi connectivity index (χ1v) is 10.9. The van der Waals surface area contributed by atoms with Gasteiger partial charge in [0.05, 0.1) is 17.3 Å². The summed E-state index contributed by atoms with van der Waals surface area (Å²) < 4.78 is 4.27. The summed E-state index contributed by atoms with van der Waals surface area (Å²) in [7, 11) is 0. The van der Waals surface area contributed by atoms with Gasteiger partial charge >= 0.3 is 0 Å². The monoisotopic (exact) mass is 522 g/mol. The maximum atomic E-state index is 13.7. The molecule has 3 aromatic heterocycles. The highest BCUT2D eigenvalue weighted by Crippen LogP contribution is 2.25. The highest BCUT2D eigenvalue weighted by molar-refractivity contribution is 14.1. The molecule has 0 saturated heterocycles. The van der Waals surface area contributed by atoms with Crippen LogP contribution in [0.4, 0.5) is 5.82 Å². The lowest BCUT2D eigenvalue weighted by Gasteiger charge is -2.16. The number of aryl methyl sites for hydroxylation is 2. The summed E-state index contributed by atoms with van der Waals surface area (Å²) in [5.41, 5.74) is 10.4. The molecular formula is C23H19IN6O. The summed E-state index contributed by atoms with van der Waals surface area (Å²) in [6, 6.07) is 15.9. The maximum absolute atomic E-state index is 13.7. The van der Waals surface area contributed by atoms with Crippen molar-refractivity contribution in [1.82, 2.24) is 24.3 Å². The molecule has 0 aliphatic rings. The summed E-state index contributed by atoms with van der Waals surface area (Å²) in [5, 5.41) is 6.98. The van der Waals surface area contributed by atoms with Gasteiger partial charge in [-0.3, -0.25) is 9.36 Å². The second kappa shape index (κ2) is 7.45. The zero-order chi connectivity index (χ0) is 21.7. The van der Waals surface area contributed by atoms with E-state index >= 15 is 0 Å². The first kappa shape index (κ1) is 19.7. The molecule has 0 fully saturated rings. The fraction of sp³-hybridized carbons (Fsp3) is 0.130. The van der Waals surface area contributed by atoms with Crippen LogP contribution < -0.4 is 11.3 Å². The third-order valence-electron chi connectivity index (χ3n) is 5.45. The first-order valence-electron chi connectivity index (χ1n) is 9.78. The minimum Gasteiger partial charge on any atom is -0.383 e. The number of nitrogen functional groups attached to an aromatic ring is 1. The van der Waals surface area contributed by atoms with E-state index in [1.54, 1.807) is 9.25 Å². The molecule has 2 N–H and O–H groups in total. The van der Waals surface area contributed by atoms with Crippen molar-refractivity contribution in [3.63, 3.8) is 0 Å². The quantitative estimate of drug-likeness (QED) is 0.362. The third-order valence-corrected chi connectivity index (χ3v) is 6.21. The van der Waals surface area contributed by atoms with Crippen molar-refractivity contribution < 1.29 is 0 Å². The van der Waals surface area contributed by atoms with Gasteiger partial charge in [-0.25, -0.2) is 14.6 Å². The van der Waals surface area contributed by atoms with Crippen LogP contribution in [0.5, 0.6) is 0 Å². The molecule has 154 valence electrons. The van der Waals surface area contributed by atoms with E-state index < -0.39 is 0 Å². The number of halogens is 1. The average molecular weight is 522 g/mol. The van der Waals surface area contributed by atoms with Crippen LogP contribution in [0, 0.1) is 17.5 Å². The second-order valence-corrected chi connectivity index (χ2v) is 8.58. The Kier molecular flexibility index (Phi) is 4.73. The Morgan fingerprint density at radius 1 is 1.03 bits per heavy atom. The van der Waals surface area contributed by atoms with Crippen molar-refractivity contribution in [2.75, 3.05) is 5.73 Å². The van der Waals surface area contributed by atoms with E-state index in [-0.39, 0.29) is 5.56 Å². The predicted octanol–water partition coefficient (Wildman–Crippen LogP) is 3.98. The Hall–Kier alpha value is -3.27. The Balaban J connectivity index is 1.79. The van der Waals surface area contributed by atoms with Gasteiger partial charge in [0.2, 0.25) is 0 Å². The van der Waals surface area contributed by atoms with Crippen molar-refractivity contribution in [2.45, 2.75) is 20.4 Å². The normalized spacial score (nSPS) is 11.5. The van der Waals surface area contributed by atoms with Gasteiger partial charge in [0, 0.05) is 11.4 Å². The lowest BCUT2D eigenvalue weighted by atomic mass is 10.1. The van der Waals surface area contributed by atoms with Crippen molar-refractivity contribution in [3.05, 3.63) is 85.7 Å². The van der Waals surface area contributed by atoms with Crippen LogP contribution in [0.1, 0.15) is 16.8 Å². The van der Waals surface area contributed by atoms with Crippen molar-refractivity contribution in [1.29, 1.82) is 0 Å². The lowest BCUT2D eigenvalue weighted by molar-refractivity contribution is 0.665. The summed E-state index contributed by atoms with van der Waals surface area (Å²) in [6.45, 7) is 4.36. The van der Waals surface area contributed by atoms with Crippen LogP contribution in [0.25, 0.3) is 27.5 Å². The van der Waals surface area contributed by atoms with Crippen LogP contribution in [-0.2, 0) is 6.54 Å². The predicted molar refractivity (Wildman–Crippen MR) is 131 cm³/mol. The molecule has 0 spiro atoms. The van der Waals surface area contributed by atoms with Crippen LogP contribution in [0.15, 0.2) is 59.7 Å². The van der Waals surface area contributed by atoms with Gasteiger partial charge in [0.1, 0.15) is 15.8 Å². The number of hydrogen-bond donors (Lipinski definition) is 1. The van der Waals surface area contributed by atoms with E-state index in [2.05, 4.69) is 43.7 Å². The molecule has 0 unspecified atom stereocenters. The molecule has 0 radical (unpaired) electrons. The van der Waals surface area contributed by atoms with Crippen LogP contribution in [-0.4, -0.2) is 24.3 Å². The molecule has 2 aromatic carbocycles. The molecular weight excluding hydrogens is 503 g/mol. The van der Waals surface area contributed by atoms with E-state index in [4.69, 9.17) is 5.73 Å². The zero-order valence-corrected chi connectivity index (χ0v) is 19.2. The molecule has 0 saturated carbocycles. The van der Waals surface area contributed by atoms with E-state index in [9.17, 15) is 4.79 Å². The van der Waals surface area contributed by atoms with Crippen molar-refractivity contribution in [3.8, 4) is 5.69 Å². The van der Waals surface area contributed by atoms with Gasteiger partial charge in [-0.05, 0) is 65.6 Å². The number of nitrogens with two attached hydrogens (primary N) is 1. The van der Waals surface area contributed by atoms with Crippen LogP contribution in [0.3, 0.4) is 0 Å². The first-order chi connectivity index (χ1) is 14.9. The Bertz CT molecular complexity index is 1520. The molecule has 0 amide bonds. The highest BCUT2D eigenvalue weighted by Gasteiger charge is 2.17. The molecule has 0 aliphatic heterocycles. The second-order valence-electron chi connectivity index (χ2n) is 7.56. The summed E-state index contributed by atoms with van der Waals surface area (Å²) in [6.07, 6.45) is 1.43. The van der Waals surface area contributed by atoms with E-state index in [0.717, 1.165) is 42.4 Å². The van der Waals surface area contributed by atoms with Crippen LogP contribution >= 0.6 is 22.6 Å². The van der Waals surface area contributed by atoms with E-state index in [0.29, 0.717) is 18.0 Å². The van der Waals surface area contributed by atoms with Gasteiger partial charge in [0.15, 0.2) is 5.65 Å². The summed E-state index contributed by atoms with van der Waals surface area (Å²) in [4.78, 5) is 22.1. The minimum atomic E-state index is -0.0465. The fourth-order valence-electron chi connectivity index (χ4n) is 3.93. The number of fused-ring (bicyclic) bond motifs is 2. The average Bonchev–Trinajstić information content (AvgIpc) is 3.06. The van der Waals surface area contributed by atoms with Gasteiger partial charge in [-0.1, -0.05) is 35.9 Å². The van der Waals surface area contributed by atoms with E-state index in [1.807, 2.05) is 56.3 Å². The Morgan fingerprint density at radius 3 is 2.58 bits per heavy atom. The van der Waals surface area contributed by atoms with Crippen LogP contribution in [0.2, 0.25) is 0 Å². The fourth-order valence-corrected chi connectivity index (χ4v) is 4.71. The number of benzene rings is 2. The zero-order valence-electron chi connectivity index (χ0n) is 17.0. The largest absolute Gasteiger partial charge is 0.383 e. The molecule has 5 aromatic rings.